The Labute approximate surface area is 77.6 Å². The molecule has 1 heterocycles. The summed E-state index contributed by atoms with van der Waals surface area (Å²) >= 11 is 4.73. The van der Waals surface area contributed by atoms with Gasteiger partial charge in [0.05, 0.1) is 0 Å². The number of nitrogens with zero attached hydrogens (tertiary/aromatic N) is 1. The van der Waals surface area contributed by atoms with E-state index in [4.69, 9.17) is 18.6 Å². The van der Waals surface area contributed by atoms with Gasteiger partial charge in [0, 0.05) is 12.8 Å². The van der Waals surface area contributed by atoms with Gasteiger partial charge in [-0.3, -0.25) is 10.2 Å². The summed E-state index contributed by atoms with van der Waals surface area (Å²) in [6.07, 6.45) is 6.50. The van der Waals surface area contributed by atoms with E-state index in [1.54, 1.807) is 0 Å². The summed E-state index contributed by atoms with van der Waals surface area (Å²) < 4.78 is 0.479. The van der Waals surface area contributed by atoms with Gasteiger partial charge in [-0.2, -0.15) is 0 Å². The van der Waals surface area contributed by atoms with E-state index in [0.29, 0.717) is 11.2 Å². The molecule has 0 saturated heterocycles. The maximum absolute atomic E-state index is 5.06. The SMILES string of the molecule is C#CCCc1nc(=S)[nH][nH]1.CC. The lowest BCUT2D eigenvalue weighted by atomic mass is 10.3. The molecule has 0 aromatic carbocycles. The van der Waals surface area contributed by atoms with Gasteiger partial charge in [-0.25, -0.2) is 4.98 Å². The lowest BCUT2D eigenvalue weighted by Crippen LogP contribution is -1.85. The van der Waals surface area contributed by atoms with Crippen LogP contribution >= 0.6 is 12.2 Å². The highest BCUT2D eigenvalue weighted by molar-refractivity contribution is 7.71. The first kappa shape index (κ1) is 10.9. The van der Waals surface area contributed by atoms with Gasteiger partial charge in [-0.15, -0.1) is 12.3 Å². The molecular formula is C8H13N3S. The van der Waals surface area contributed by atoms with Gasteiger partial charge in [0.1, 0.15) is 5.82 Å². The Kier molecular flexibility index (Phi) is 6.02. The summed E-state index contributed by atoms with van der Waals surface area (Å²) in [5, 5.41) is 5.49. The zero-order valence-corrected chi connectivity index (χ0v) is 8.16. The number of nitrogens with one attached hydrogen (secondary N) is 2. The third-order valence-corrected chi connectivity index (χ3v) is 1.25. The summed E-state index contributed by atoms with van der Waals surface area (Å²) in [6.45, 7) is 4.00. The molecule has 4 heteroatoms. The van der Waals surface area contributed by atoms with Crippen molar-refractivity contribution in [1.29, 1.82) is 0 Å². The number of aromatic nitrogens is 3. The number of rotatable bonds is 2. The fourth-order valence-electron chi connectivity index (χ4n) is 0.613. The maximum atomic E-state index is 5.06. The normalized spacial score (nSPS) is 8.08. The fraction of sp³-hybridized carbons (Fsp3) is 0.500. The number of aromatic amines is 2. The molecule has 0 radical (unpaired) electrons. The van der Waals surface area contributed by atoms with Crippen LogP contribution in [0.4, 0.5) is 0 Å². The van der Waals surface area contributed by atoms with E-state index < -0.39 is 0 Å². The van der Waals surface area contributed by atoms with Gasteiger partial charge in [0.25, 0.3) is 0 Å². The zero-order valence-electron chi connectivity index (χ0n) is 7.35. The molecule has 0 atom stereocenters. The Hall–Kier alpha value is -1.08. The van der Waals surface area contributed by atoms with E-state index in [9.17, 15) is 0 Å². The molecule has 0 saturated carbocycles. The van der Waals surface area contributed by atoms with Gasteiger partial charge in [-0.1, -0.05) is 13.8 Å². The summed E-state index contributed by atoms with van der Waals surface area (Å²) in [6, 6.07) is 0. The number of hydrogen-bond acceptors (Lipinski definition) is 2. The Morgan fingerprint density at radius 3 is 2.58 bits per heavy atom. The maximum Gasteiger partial charge on any atom is 0.213 e. The van der Waals surface area contributed by atoms with Crippen LogP contribution in [-0.4, -0.2) is 15.2 Å². The first-order chi connectivity index (χ1) is 5.83. The number of aryl methyl sites for hydroxylation is 1. The Morgan fingerprint density at radius 2 is 2.17 bits per heavy atom. The third-order valence-electron chi connectivity index (χ3n) is 1.06. The van der Waals surface area contributed by atoms with Crippen LogP contribution < -0.4 is 0 Å². The zero-order chi connectivity index (χ0) is 9.40. The second-order valence-corrected chi connectivity index (χ2v) is 2.20. The van der Waals surface area contributed by atoms with Crippen LogP contribution in [0.1, 0.15) is 26.1 Å². The molecule has 0 spiro atoms. The van der Waals surface area contributed by atoms with Gasteiger partial charge in [-0.05, 0) is 12.2 Å². The van der Waals surface area contributed by atoms with E-state index in [0.717, 1.165) is 12.2 Å². The van der Waals surface area contributed by atoms with Crippen LogP contribution in [-0.2, 0) is 6.42 Å². The molecule has 12 heavy (non-hydrogen) atoms. The Balaban J connectivity index is 0.000000561. The van der Waals surface area contributed by atoms with Crippen molar-refractivity contribution in [2.75, 3.05) is 0 Å². The van der Waals surface area contributed by atoms with Crippen molar-refractivity contribution in [3.05, 3.63) is 10.6 Å². The molecule has 0 aliphatic carbocycles. The number of hydrogen-bond donors (Lipinski definition) is 2. The standard InChI is InChI=1S/C6H7N3S.C2H6/c1-2-3-4-5-7-6(10)9-8-5;1-2/h1H,3-4H2,(H2,7,8,9,10);1-2H3. The van der Waals surface area contributed by atoms with E-state index in [-0.39, 0.29) is 0 Å². The van der Waals surface area contributed by atoms with Crippen LogP contribution in [0.3, 0.4) is 0 Å². The molecular weight excluding hydrogens is 170 g/mol. The van der Waals surface area contributed by atoms with E-state index in [1.807, 2.05) is 13.8 Å². The van der Waals surface area contributed by atoms with E-state index in [2.05, 4.69) is 21.1 Å². The summed E-state index contributed by atoms with van der Waals surface area (Å²) in [5.41, 5.74) is 0. The minimum absolute atomic E-state index is 0.479. The van der Waals surface area contributed by atoms with Crippen molar-refractivity contribution in [3.63, 3.8) is 0 Å². The highest BCUT2D eigenvalue weighted by Crippen LogP contribution is 1.91. The molecule has 0 aliphatic rings. The van der Waals surface area contributed by atoms with Crippen LogP contribution in [0.25, 0.3) is 0 Å². The average molecular weight is 183 g/mol. The van der Waals surface area contributed by atoms with Crippen LogP contribution in [0.5, 0.6) is 0 Å². The second kappa shape index (κ2) is 6.62. The molecule has 0 fully saturated rings. The average Bonchev–Trinajstić information content (AvgIpc) is 2.51. The molecule has 0 bridgehead atoms. The van der Waals surface area contributed by atoms with E-state index >= 15 is 0 Å². The Bertz CT molecular complexity index is 292. The third kappa shape index (κ3) is 3.94. The van der Waals surface area contributed by atoms with E-state index in [1.165, 1.54) is 0 Å². The summed E-state index contributed by atoms with van der Waals surface area (Å²) in [7, 11) is 0. The quantitative estimate of drug-likeness (QED) is 0.544. The Morgan fingerprint density at radius 1 is 1.50 bits per heavy atom. The number of H-pyrrole nitrogens is 2. The van der Waals surface area contributed by atoms with Gasteiger partial charge >= 0.3 is 0 Å². The second-order valence-electron chi connectivity index (χ2n) is 1.82. The molecule has 0 aliphatic heterocycles. The highest BCUT2D eigenvalue weighted by atomic mass is 32.1. The smallest absolute Gasteiger partial charge is 0.213 e. The first-order valence-corrected chi connectivity index (χ1v) is 4.31. The van der Waals surface area contributed by atoms with Crippen LogP contribution in [0.15, 0.2) is 0 Å². The highest BCUT2D eigenvalue weighted by Gasteiger charge is 1.92. The number of terminal acetylenes is 1. The van der Waals surface area contributed by atoms with Crippen molar-refractivity contribution in [1.82, 2.24) is 15.2 Å². The minimum atomic E-state index is 0.479. The lowest BCUT2D eigenvalue weighted by molar-refractivity contribution is 0.899. The van der Waals surface area contributed by atoms with Crippen molar-refractivity contribution >= 4 is 12.2 Å². The van der Waals surface area contributed by atoms with Crippen molar-refractivity contribution < 1.29 is 0 Å². The predicted octanol–water partition coefficient (Wildman–Crippen LogP) is 2.06. The van der Waals surface area contributed by atoms with Crippen molar-refractivity contribution in [3.8, 4) is 12.3 Å². The first-order valence-electron chi connectivity index (χ1n) is 3.90. The molecule has 2 N–H and O–H groups in total. The van der Waals surface area contributed by atoms with Crippen LogP contribution in [0.2, 0.25) is 0 Å². The fourth-order valence-corrected chi connectivity index (χ4v) is 0.774. The predicted molar refractivity (Wildman–Crippen MR) is 52.3 cm³/mol. The van der Waals surface area contributed by atoms with Gasteiger partial charge in [0.15, 0.2) is 0 Å². The molecule has 1 rings (SSSR count). The minimum Gasteiger partial charge on any atom is -0.286 e. The van der Waals surface area contributed by atoms with Crippen molar-refractivity contribution in [2.24, 2.45) is 0 Å². The van der Waals surface area contributed by atoms with Crippen LogP contribution in [0, 0.1) is 17.1 Å². The molecule has 3 nitrogen and oxygen atoms in total. The lowest BCUT2D eigenvalue weighted by Gasteiger charge is -1.84. The topological polar surface area (TPSA) is 44.5 Å². The molecule has 0 amide bonds. The summed E-state index contributed by atoms with van der Waals surface area (Å²) in [4.78, 5) is 3.96. The monoisotopic (exact) mass is 183 g/mol. The summed E-state index contributed by atoms with van der Waals surface area (Å²) in [5.74, 6) is 3.34. The molecule has 66 valence electrons. The molecule has 0 unspecified atom stereocenters. The van der Waals surface area contributed by atoms with Gasteiger partial charge < -0.3 is 0 Å². The molecule has 1 aromatic rings. The van der Waals surface area contributed by atoms with Crippen molar-refractivity contribution in [2.45, 2.75) is 26.7 Å². The molecule has 1 aromatic heterocycles. The van der Waals surface area contributed by atoms with Gasteiger partial charge in [0.2, 0.25) is 4.77 Å². The largest absolute Gasteiger partial charge is 0.286 e.